The number of benzene rings is 2. The summed E-state index contributed by atoms with van der Waals surface area (Å²) < 4.78 is 27.4. The Hall–Kier alpha value is -4.11. The van der Waals surface area contributed by atoms with Crippen LogP contribution in [0.5, 0.6) is 11.5 Å². The van der Waals surface area contributed by atoms with Crippen LogP contribution in [0.4, 0.5) is 15.9 Å². The van der Waals surface area contributed by atoms with Crippen molar-refractivity contribution in [2.45, 2.75) is 20.8 Å². The minimum Gasteiger partial charge on any atom is -0.492 e. The van der Waals surface area contributed by atoms with Gasteiger partial charge in [-0.25, -0.2) is 9.37 Å². The zero-order chi connectivity index (χ0) is 25.1. The fourth-order valence-corrected chi connectivity index (χ4v) is 3.99. The lowest BCUT2D eigenvalue weighted by atomic mass is 10.0. The van der Waals surface area contributed by atoms with Crippen LogP contribution in [-0.2, 0) is 4.79 Å². The molecule has 0 aliphatic carbocycles. The predicted molar refractivity (Wildman–Crippen MR) is 134 cm³/mol. The topological polar surface area (TPSA) is 117 Å². The third-order valence-electron chi connectivity index (χ3n) is 5.57. The number of nitrogens with one attached hydrogen (secondary N) is 1. The number of carbonyl (C=O) groups excluding carboxylic acids is 1. The molecule has 0 aliphatic rings. The number of carbonyl (C=O) groups is 1. The highest BCUT2D eigenvalue weighted by Gasteiger charge is 2.23. The Morgan fingerprint density at radius 2 is 1.83 bits per heavy atom. The van der Waals surface area contributed by atoms with E-state index >= 15 is 0 Å². The van der Waals surface area contributed by atoms with E-state index in [9.17, 15) is 9.18 Å². The number of hydrogen-bond acceptors (Lipinski definition) is 6. The number of fused-ring (bicyclic) bond motifs is 1. The average Bonchev–Trinajstić information content (AvgIpc) is 3.15. The maximum atomic E-state index is 14.3. The molecule has 5 N–H and O–H groups in total. The van der Waals surface area contributed by atoms with Crippen molar-refractivity contribution < 1.29 is 18.7 Å². The molecular weight excluding hydrogens is 449 g/mol. The normalized spacial score (nSPS) is 11.0. The molecule has 0 spiro atoms. The molecule has 0 unspecified atom stereocenters. The molecule has 4 rings (SSSR count). The molecule has 35 heavy (non-hydrogen) atoms. The molecule has 1 amide bonds. The van der Waals surface area contributed by atoms with Crippen LogP contribution < -0.4 is 26.3 Å². The quantitative estimate of drug-likeness (QED) is 0.335. The Balaban J connectivity index is 1.95. The minimum atomic E-state index is -0.618. The Morgan fingerprint density at radius 1 is 1.09 bits per heavy atom. The van der Waals surface area contributed by atoms with Crippen molar-refractivity contribution in [2.75, 3.05) is 25.1 Å². The first-order valence-electron chi connectivity index (χ1n) is 11.2. The van der Waals surface area contributed by atoms with E-state index in [4.69, 9.17) is 25.9 Å². The van der Waals surface area contributed by atoms with E-state index in [1.165, 1.54) is 12.3 Å². The highest BCUT2D eigenvalue weighted by Crippen LogP contribution is 2.42. The molecule has 0 bridgehead atoms. The van der Waals surface area contributed by atoms with Crippen LogP contribution in [0, 0.1) is 26.6 Å². The summed E-state index contributed by atoms with van der Waals surface area (Å²) in [5.74, 6) is 0.436. The molecular formula is C26H28FN5O3. The molecule has 0 saturated carbocycles. The number of hydrogen-bond donors (Lipinski definition) is 3. The first-order valence-corrected chi connectivity index (χ1v) is 11.2. The lowest BCUT2D eigenvalue weighted by molar-refractivity contribution is -0.119. The van der Waals surface area contributed by atoms with Gasteiger partial charge in [-0.2, -0.15) is 0 Å². The van der Waals surface area contributed by atoms with Crippen LogP contribution in [0.2, 0.25) is 0 Å². The summed E-state index contributed by atoms with van der Waals surface area (Å²) in [5.41, 5.74) is 16.3. The number of imidazole rings is 1. The second-order valence-electron chi connectivity index (χ2n) is 8.28. The number of halogens is 1. The van der Waals surface area contributed by atoms with Gasteiger partial charge in [0.15, 0.2) is 6.61 Å². The van der Waals surface area contributed by atoms with Gasteiger partial charge in [-0.15, -0.1) is 0 Å². The van der Waals surface area contributed by atoms with E-state index in [-0.39, 0.29) is 6.61 Å². The Morgan fingerprint density at radius 3 is 2.51 bits per heavy atom. The summed E-state index contributed by atoms with van der Waals surface area (Å²) in [4.78, 5) is 16.3. The van der Waals surface area contributed by atoms with E-state index < -0.39 is 11.7 Å². The number of pyridine rings is 1. The summed E-state index contributed by atoms with van der Waals surface area (Å²) >= 11 is 0. The number of rotatable bonds is 9. The fraction of sp³-hybridized carbons (Fsp3) is 0.231. The van der Waals surface area contributed by atoms with Crippen LogP contribution in [0.3, 0.4) is 0 Å². The van der Waals surface area contributed by atoms with Crippen LogP contribution in [0.1, 0.15) is 16.7 Å². The zero-order valence-corrected chi connectivity index (χ0v) is 19.9. The maximum absolute atomic E-state index is 14.3. The molecule has 0 aliphatic heterocycles. The van der Waals surface area contributed by atoms with E-state index in [2.05, 4.69) is 5.32 Å². The van der Waals surface area contributed by atoms with Gasteiger partial charge >= 0.3 is 0 Å². The van der Waals surface area contributed by atoms with E-state index in [1.54, 1.807) is 16.5 Å². The van der Waals surface area contributed by atoms with Crippen LogP contribution >= 0.6 is 0 Å². The number of para-hydroxylation sites is 1. The van der Waals surface area contributed by atoms with E-state index in [0.717, 1.165) is 22.4 Å². The Kier molecular flexibility index (Phi) is 6.88. The second-order valence-corrected chi connectivity index (χ2v) is 8.28. The highest BCUT2D eigenvalue weighted by atomic mass is 19.1. The molecule has 9 heteroatoms. The van der Waals surface area contributed by atoms with Gasteiger partial charge in [-0.3, -0.25) is 9.20 Å². The number of nitrogens with two attached hydrogens (primary N) is 2. The Bertz CT molecular complexity index is 1380. The molecule has 182 valence electrons. The Labute approximate surface area is 202 Å². The number of aromatic nitrogens is 2. The highest BCUT2D eigenvalue weighted by molar-refractivity contribution is 5.86. The number of primary amides is 1. The van der Waals surface area contributed by atoms with Gasteiger partial charge in [0.1, 0.15) is 41.1 Å². The van der Waals surface area contributed by atoms with Crippen LogP contribution in [-0.4, -0.2) is 35.1 Å². The van der Waals surface area contributed by atoms with Gasteiger partial charge in [-0.1, -0.05) is 18.2 Å². The van der Waals surface area contributed by atoms with Gasteiger partial charge < -0.3 is 26.3 Å². The lowest BCUT2D eigenvalue weighted by Crippen LogP contribution is -2.20. The summed E-state index contributed by atoms with van der Waals surface area (Å²) in [5, 5.41) is 3.46. The van der Waals surface area contributed by atoms with Gasteiger partial charge in [0.25, 0.3) is 5.91 Å². The standard InChI is InChI=1S/C26H28FN5O3/c1-15-5-4-6-16(2)24(15)31-26-25(30-22-8-7-18(27)13-32(22)26)23-17(3)11-19(34-10-9-28)12-20(23)35-14-21(29)33/h4-8,11-13,31H,9-10,14,28H2,1-3H3,(H2,29,33). The number of anilines is 2. The van der Waals surface area contributed by atoms with Crippen molar-refractivity contribution in [3.05, 3.63) is 71.2 Å². The molecule has 4 aromatic rings. The molecule has 0 radical (unpaired) electrons. The smallest absolute Gasteiger partial charge is 0.255 e. The van der Waals surface area contributed by atoms with Crippen molar-refractivity contribution in [1.29, 1.82) is 0 Å². The zero-order valence-electron chi connectivity index (χ0n) is 19.9. The summed E-state index contributed by atoms with van der Waals surface area (Å²) in [6.45, 7) is 6.22. The first kappa shape index (κ1) is 24.0. The molecule has 0 fully saturated rings. The fourth-order valence-electron chi connectivity index (χ4n) is 3.99. The number of nitrogens with zero attached hydrogens (tertiary/aromatic N) is 2. The monoisotopic (exact) mass is 477 g/mol. The van der Waals surface area contributed by atoms with Crippen LogP contribution in [0.25, 0.3) is 16.9 Å². The van der Waals surface area contributed by atoms with Gasteiger partial charge in [0.05, 0.1) is 0 Å². The average molecular weight is 478 g/mol. The maximum Gasteiger partial charge on any atom is 0.255 e. The van der Waals surface area contributed by atoms with Crippen molar-refractivity contribution >= 4 is 23.1 Å². The molecule has 2 aromatic carbocycles. The molecule has 0 atom stereocenters. The van der Waals surface area contributed by atoms with E-state index in [0.29, 0.717) is 47.4 Å². The number of amides is 1. The summed E-state index contributed by atoms with van der Waals surface area (Å²) in [6.07, 6.45) is 1.37. The van der Waals surface area contributed by atoms with E-state index in [1.807, 2.05) is 45.0 Å². The molecule has 2 heterocycles. The van der Waals surface area contributed by atoms with Crippen molar-refractivity contribution in [2.24, 2.45) is 11.5 Å². The van der Waals surface area contributed by atoms with Crippen molar-refractivity contribution in [3.8, 4) is 22.8 Å². The molecule has 8 nitrogen and oxygen atoms in total. The van der Waals surface area contributed by atoms with Gasteiger partial charge in [0, 0.05) is 30.1 Å². The van der Waals surface area contributed by atoms with Gasteiger partial charge in [-0.05, 0) is 55.7 Å². The van der Waals surface area contributed by atoms with Gasteiger partial charge in [0.2, 0.25) is 0 Å². The summed E-state index contributed by atoms with van der Waals surface area (Å²) in [6, 6.07) is 12.4. The molecule has 0 saturated heterocycles. The summed E-state index contributed by atoms with van der Waals surface area (Å²) in [7, 11) is 0. The SMILES string of the molecule is Cc1cccc(C)c1Nc1c(-c2c(C)cc(OCCN)cc2OCC(N)=O)nc2ccc(F)cn12. The lowest BCUT2D eigenvalue weighted by Gasteiger charge is -2.18. The first-order chi connectivity index (χ1) is 16.8. The number of ether oxygens (including phenoxy) is 2. The third kappa shape index (κ3) is 5.04. The molecule has 2 aromatic heterocycles. The minimum absolute atomic E-state index is 0.320. The second kappa shape index (κ2) is 10.0. The van der Waals surface area contributed by atoms with Crippen molar-refractivity contribution in [1.82, 2.24) is 9.38 Å². The predicted octanol–water partition coefficient (Wildman–Crippen LogP) is 4.01. The van der Waals surface area contributed by atoms with Crippen LogP contribution in [0.15, 0.2) is 48.7 Å². The third-order valence-corrected chi connectivity index (χ3v) is 5.57. The number of aryl methyl sites for hydroxylation is 3. The van der Waals surface area contributed by atoms with Crippen molar-refractivity contribution in [3.63, 3.8) is 0 Å². The largest absolute Gasteiger partial charge is 0.492 e.